The highest BCUT2D eigenvalue weighted by Crippen LogP contribution is 2.49. The summed E-state index contributed by atoms with van der Waals surface area (Å²) in [5.41, 5.74) is 0.361. The molecule has 6 nitrogen and oxygen atoms in total. The number of nitrogens with zero attached hydrogens (tertiary/aromatic N) is 2. The molecule has 22 heavy (non-hydrogen) atoms. The van der Waals surface area contributed by atoms with E-state index in [-0.39, 0.29) is 24.9 Å². The molecule has 0 saturated heterocycles. The summed E-state index contributed by atoms with van der Waals surface area (Å²) in [6.07, 6.45) is 6.88. The van der Waals surface area contributed by atoms with Crippen molar-refractivity contribution < 1.29 is 14.7 Å². The summed E-state index contributed by atoms with van der Waals surface area (Å²) < 4.78 is 1.51. The van der Waals surface area contributed by atoms with Crippen molar-refractivity contribution in [3.05, 3.63) is 18.0 Å². The van der Waals surface area contributed by atoms with Crippen molar-refractivity contribution in [2.75, 3.05) is 0 Å². The van der Waals surface area contributed by atoms with Crippen molar-refractivity contribution >= 4 is 11.9 Å². The van der Waals surface area contributed by atoms with Crippen molar-refractivity contribution in [2.24, 2.45) is 17.8 Å². The number of carboxylic acid groups (broad SMARTS) is 1. The smallest absolute Gasteiger partial charge is 0.305 e. The molecule has 2 fully saturated rings. The van der Waals surface area contributed by atoms with Gasteiger partial charge in [0.25, 0.3) is 5.91 Å². The molecule has 4 unspecified atom stereocenters. The Kier molecular flexibility index (Phi) is 4.18. The van der Waals surface area contributed by atoms with Gasteiger partial charge in [-0.15, -0.1) is 0 Å². The fourth-order valence-corrected chi connectivity index (χ4v) is 4.11. The van der Waals surface area contributed by atoms with Crippen LogP contribution in [0.1, 0.15) is 49.5 Å². The number of hydrogen-bond donors (Lipinski definition) is 2. The molecule has 2 aliphatic carbocycles. The Bertz CT molecular complexity index is 569. The average molecular weight is 305 g/mol. The Hall–Kier alpha value is -1.85. The first-order valence-electron chi connectivity index (χ1n) is 8.09. The van der Waals surface area contributed by atoms with Crippen molar-refractivity contribution in [1.29, 1.82) is 0 Å². The zero-order valence-corrected chi connectivity index (χ0v) is 12.9. The van der Waals surface area contributed by atoms with Crippen LogP contribution in [0.2, 0.25) is 0 Å². The molecular formula is C16H23N3O3. The number of nitrogens with one attached hydrogen (secondary N) is 1. The molecule has 1 amide bonds. The molecule has 2 aliphatic rings. The fraction of sp³-hybridized carbons (Fsp3) is 0.688. The summed E-state index contributed by atoms with van der Waals surface area (Å²) in [6.45, 7) is 2.37. The van der Waals surface area contributed by atoms with Gasteiger partial charge in [-0.3, -0.25) is 14.3 Å². The zero-order chi connectivity index (χ0) is 15.7. The van der Waals surface area contributed by atoms with Gasteiger partial charge in [-0.05, 0) is 50.0 Å². The monoisotopic (exact) mass is 305 g/mol. The summed E-state index contributed by atoms with van der Waals surface area (Å²) in [4.78, 5) is 22.8. The van der Waals surface area contributed by atoms with Crippen LogP contribution in [0.15, 0.2) is 12.3 Å². The van der Waals surface area contributed by atoms with E-state index in [1.165, 1.54) is 30.4 Å². The molecule has 0 aromatic carbocycles. The van der Waals surface area contributed by atoms with Crippen molar-refractivity contribution in [2.45, 2.75) is 51.6 Å². The number of carbonyl (C=O) groups is 2. The van der Waals surface area contributed by atoms with Gasteiger partial charge in [0.05, 0.1) is 13.0 Å². The lowest BCUT2D eigenvalue weighted by Gasteiger charge is -2.28. The molecule has 2 saturated carbocycles. The van der Waals surface area contributed by atoms with Crippen LogP contribution in [0.5, 0.6) is 0 Å². The number of amides is 1. The van der Waals surface area contributed by atoms with E-state index < -0.39 is 5.97 Å². The summed E-state index contributed by atoms with van der Waals surface area (Å²) in [5, 5.41) is 15.9. The predicted octanol–water partition coefficient (Wildman–Crippen LogP) is 1.91. The minimum absolute atomic E-state index is 0.00425. The molecular weight excluding hydrogens is 282 g/mol. The summed E-state index contributed by atoms with van der Waals surface area (Å²) in [6, 6.07) is 1.82. The van der Waals surface area contributed by atoms with Crippen LogP contribution in [-0.2, 0) is 11.3 Å². The molecule has 4 atom stereocenters. The van der Waals surface area contributed by atoms with E-state index in [1.54, 1.807) is 12.3 Å². The normalized spacial score (nSPS) is 27.8. The van der Waals surface area contributed by atoms with Crippen LogP contribution >= 0.6 is 0 Å². The number of fused-ring (bicyclic) bond motifs is 2. The van der Waals surface area contributed by atoms with Crippen LogP contribution in [0, 0.1) is 17.8 Å². The van der Waals surface area contributed by atoms with Crippen LogP contribution in [0.25, 0.3) is 0 Å². The largest absolute Gasteiger partial charge is 0.481 e. The molecule has 6 heteroatoms. The standard InChI is InChI=1S/C16H23N3O3/c1-10(13-9-11-2-3-12(13)8-11)17-16(22)14-4-6-19(18-14)7-5-15(20)21/h4,6,10-13H,2-3,5,7-9H2,1H3,(H,17,22)(H,20,21). The van der Waals surface area contributed by atoms with Crippen LogP contribution < -0.4 is 5.32 Å². The molecule has 120 valence electrons. The van der Waals surface area contributed by atoms with E-state index in [4.69, 9.17) is 5.11 Å². The quantitative estimate of drug-likeness (QED) is 0.841. The van der Waals surface area contributed by atoms with Gasteiger partial charge in [-0.25, -0.2) is 0 Å². The summed E-state index contributed by atoms with van der Waals surface area (Å²) in [7, 11) is 0. The molecule has 1 aromatic rings. The van der Waals surface area contributed by atoms with Gasteiger partial charge in [0.1, 0.15) is 5.69 Å². The van der Waals surface area contributed by atoms with E-state index in [2.05, 4.69) is 17.3 Å². The molecule has 2 N–H and O–H groups in total. The Balaban J connectivity index is 1.54. The van der Waals surface area contributed by atoms with E-state index >= 15 is 0 Å². The third-order valence-electron chi connectivity index (χ3n) is 5.22. The Morgan fingerprint density at radius 2 is 2.27 bits per heavy atom. The molecule has 0 radical (unpaired) electrons. The number of carbonyl (C=O) groups excluding carboxylic acids is 1. The van der Waals surface area contributed by atoms with E-state index in [9.17, 15) is 9.59 Å². The van der Waals surface area contributed by atoms with Gasteiger partial charge in [0.2, 0.25) is 0 Å². The molecule has 0 aliphatic heterocycles. The second kappa shape index (κ2) is 6.10. The first-order valence-corrected chi connectivity index (χ1v) is 8.09. The lowest BCUT2D eigenvalue weighted by atomic mass is 9.84. The number of rotatable bonds is 6. The number of aromatic nitrogens is 2. The number of aryl methyl sites for hydroxylation is 1. The highest BCUT2D eigenvalue weighted by Gasteiger charge is 2.42. The number of carboxylic acids is 1. The maximum Gasteiger partial charge on any atom is 0.305 e. The van der Waals surface area contributed by atoms with E-state index in [1.807, 2.05) is 0 Å². The van der Waals surface area contributed by atoms with Crippen molar-refractivity contribution in [3.8, 4) is 0 Å². The van der Waals surface area contributed by atoms with Crippen LogP contribution in [-0.4, -0.2) is 32.8 Å². The molecule has 1 aromatic heterocycles. The lowest BCUT2D eigenvalue weighted by molar-refractivity contribution is -0.137. The van der Waals surface area contributed by atoms with E-state index in [0.29, 0.717) is 11.6 Å². The predicted molar refractivity (Wildman–Crippen MR) is 80.3 cm³/mol. The van der Waals surface area contributed by atoms with E-state index in [0.717, 1.165) is 11.8 Å². The van der Waals surface area contributed by atoms with Crippen molar-refractivity contribution in [1.82, 2.24) is 15.1 Å². The Morgan fingerprint density at radius 3 is 2.91 bits per heavy atom. The first-order chi connectivity index (χ1) is 10.5. The topological polar surface area (TPSA) is 84.2 Å². The third kappa shape index (κ3) is 3.15. The number of aliphatic carboxylic acids is 1. The van der Waals surface area contributed by atoms with Crippen molar-refractivity contribution in [3.63, 3.8) is 0 Å². The minimum atomic E-state index is -0.869. The lowest BCUT2D eigenvalue weighted by Crippen LogP contribution is -2.40. The van der Waals surface area contributed by atoms with Gasteiger partial charge in [-0.1, -0.05) is 6.42 Å². The second-order valence-electron chi connectivity index (χ2n) is 6.71. The Labute approximate surface area is 129 Å². The van der Waals surface area contributed by atoms with Gasteiger partial charge < -0.3 is 10.4 Å². The van der Waals surface area contributed by atoms with Gasteiger partial charge in [0, 0.05) is 12.2 Å². The fourth-order valence-electron chi connectivity index (χ4n) is 4.11. The SMILES string of the molecule is CC(NC(=O)c1ccn(CCC(=O)O)n1)C1CC2CCC1C2. The third-order valence-corrected chi connectivity index (χ3v) is 5.22. The van der Waals surface area contributed by atoms with Gasteiger partial charge in [0.15, 0.2) is 0 Å². The van der Waals surface area contributed by atoms with Crippen LogP contribution in [0.4, 0.5) is 0 Å². The van der Waals surface area contributed by atoms with Gasteiger partial charge in [-0.2, -0.15) is 5.10 Å². The van der Waals surface area contributed by atoms with Crippen LogP contribution in [0.3, 0.4) is 0 Å². The molecule has 2 bridgehead atoms. The highest BCUT2D eigenvalue weighted by molar-refractivity contribution is 5.92. The Morgan fingerprint density at radius 1 is 1.45 bits per heavy atom. The maximum atomic E-state index is 12.3. The molecule has 1 heterocycles. The highest BCUT2D eigenvalue weighted by atomic mass is 16.4. The van der Waals surface area contributed by atoms with Gasteiger partial charge >= 0.3 is 5.97 Å². The summed E-state index contributed by atoms with van der Waals surface area (Å²) >= 11 is 0. The average Bonchev–Trinajstić information content (AvgIpc) is 3.20. The zero-order valence-electron chi connectivity index (χ0n) is 12.9. The molecule has 0 spiro atoms. The second-order valence-corrected chi connectivity index (χ2v) is 6.71. The number of hydrogen-bond acceptors (Lipinski definition) is 3. The summed E-state index contributed by atoms with van der Waals surface area (Å²) in [5.74, 6) is 1.20. The molecule has 3 rings (SSSR count). The first kappa shape index (κ1) is 15.1. The maximum absolute atomic E-state index is 12.3. The minimum Gasteiger partial charge on any atom is -0.481 e.